The van der Waals surface area contributed by atoms with Gasteiger partial charge >= 0.3 is 0 Å². The molecule has 3 rings (SSSR count). The lowest BCUT2D eigenvalue weighted by molar-refractivity contribution is 0.101. The predicted molar refractivity (Wildman–Crippen MR) is 82.7 cm³/mol. The molecular formula is C14H13N5O2S. The number of ether oxygens (including phenoxy) is 1. The first-order valence-corrected chi connectivity index (χ1v) is 7.29. The maximum atomic E-state index is 12.3. The van der Waals surface area contributed by atoms with E-state index in [0.717, 1.165) is 10.7 Å². The molecule has 0 aliphatic rings. The number of amides is 1. The number of carbonyl (C=O) groups is 1. The van der Waals surface area contributed by atoms with Crippen LogP contribution in [0.5, 0.6) is 5.75 Å². The highest BCUT2D eigenvalue weighted by Gasteiger charge is 2.19. The van der Waals surface area contributed by atoms with Crippen LogP contribution in [0.4, 0.5) is 5.13 Å². The van der Waals surface area contributed by atoms with Crippen molar-refractivity contribution in [2.75, 3.05) is 12.4 Å². The minimum atomic E-state index is -0.386. The van der Waals surface area contributed by atoms with Gasteiger partial charge in [0.15, 0.2) is 11.4 Å². The van der Waals surface area contributed by atoms with Crippen LogP contribution >= 0.6 is 11.3 Å². The number of rotatable bonds is 4. The lowest BCUT2D eigenvalue weighted by Crippen LogP contribution is -2.14. The van der Waals surface area contributed by atoms with Crippen LogP contribution in [0.1, 0.15) is 15.5 Å². The van der Waals surface area contributed by atoms with E-state index in [1.54, 1.807) is 10.9 Å². The number of hydrogen-bond donors (Lipinski definition) is 1. The molecule has 22 heavy (non-hydrogen) atoms. The minimum absolute atomic E-state index is 0.194. The molecule has 1 amide bonds. The van der Waals surface area contributed by atoms with Crippen molar-refractivity contribution in [3.63, 3.8) is 0 Å². The fourth-order valence-corrected chi connectivity index (χ4v) is 2.47. The number of aryl methyl sites for hydroxylation is 1. The number of aromatic nitrogens is 4. The summed E-state index contributed by atoms with van der Waals surface area (Å²) in [7, 11) is 1.50. The zero-order chi connectivity index (χ0) is 15.5. The summed E-state index contributed by atoms with van der Waals surface area (Å²) >= 11 is 1.30. The van der Waals surface area contributed by atoms with Crippen LogP contribution in [0.3, 0.4) is 0 Å². The molecule has 0 atom stereocenters. The lowest BCUT2D eigenvalue weighted by Gasteiger charge is -2.00. The van der Waals surface area contributed by atoms with Gasteiger partial charge in [0, 0.05) is 0 Å². The van der Waals surface area contributed by atoms with Crippen LogP contribution < -0.4 is 10.1 Å². The standard InChI is InChI=1S/C14H13N5O2S/c1-9-16-17-14(22-9)15-13(20)12-11(21-2)8-19(18-12)10-6-4-3-5-7-10/h3-8H,1-2H3,(H,15,17,20). The Morgan fingerprint density at radius 3 is 2.68 bits per heavy atom. The molecule has 8 heteroatoms. The SMILES string of the molecule is COc1cn(-c2ccccc2)nc1C(=O)Nc1nnc(C)s1. The Kier molecular flexibility index (Phi) is 3.84. The number of anilines is 1. The summed E-state index contributed by atoms with van der Waals surface area (Å²) in [5.74, 6) is 0.00488. The largest absolute Gasteiger partial charge is 0.493 e. The van der Waals surface area contributed by atoms with E-state index in [2.05, 4.69) is 20.6 Å². The van der Waals surface area contributed by atoms with E-state index < -0.39 is 0 Å². The molecule has 0 saturated heterocycles. The molecule has 0 unspecified atom stereocenters. The van der Waals surface area contributed by atoms with Gasteiger partial charge < -0.3 is 4.74 Å². The van der Waals surface area contributed by atoms with Crippen molar-refractivity contribution in [1.82, 2.24) is 20.0 Å². The molecule has 0 fully saturated rings. The smallest absolute Gasteiger partial charge is 0.281 e. The Bertz CT molecular complexity index is 797. The van der Waals surface area contributed by atoms with Gasteiger partial charge in [0.05, 0.1) is 19.0 Å². The second kappa shape index (κ2) is 5.94. The molecule has 3 aromatic rings. The predicted octanol–water partition coefficient (Wildman–Crippen LogP) is 2.29. The third-order valence-corrected chi connectivity index (χ3v) is 3.64. The van der Waals surface area contributed by atoms with Crippen LogP contribution in [-0.4, -0.2) is 33.0 Å². The first kappa shape index (κ1) is 14.2. The van der Waals surface area contributed by atoms with Crippen molar-refractivity contribution in [1.29, 1.82) is 0 Å². The van der Waals surface area contributed by atoms with Gasteiger partial charge in [-0.15, -0.1) is 10.2 Å². The van der Waals surface area contributed by atoms with Crippen LogP contribution in [0.15, 0.2) is 36.5 Å². The van der Waals surface area contributed by atoms with E-state index in [1.807, 2.05) is 37.3 Å². The zero-order valence-corrected chi connectivity index (χ0v) is 12.8. The molecule has 7 nitrogen and oxygen atoms in total. The summed E-state index contributed by atoms with van der Waals surface area (Å²) in [6.45, 7) is 1.82. The van der Waals surface area contributed by atoms with E-state index in [1.165, 1.54) is 18.4 Å². The molecule has 0 saturated carbocycles. The van der Waals surface area contributed by atoms with Crippen LogP contribution in [0.2, 0.25) is 0 Å². The summed E-state index contributed by atoms with van der Waals surface area (Å²) < 4.78 is 6.83. The number of nitrogens with one attached hydrogen (secondary N) is 1. The molecular weight excluding hydrogens is 302 g/mol. The number of carbonyl (C=O) groups excluding carboxylic acids is 1. The van der Waals surface area contributed by atoms with Crippen molar-refractivity contribution in [3.8, 4) is 11.4 Å². The Morgan fingerprint density at radius 1 is 1.27 bits per heavy atom. The molecule has 112 valence electrons. The Hall–Kier alpha value is -2.74. The average molecular weight is 315 g/mol. The summed E-state index contributed by atoms with van der Waals surface area (Å²) in [5.41, 5.74) is 1.03. The Labute approximate surface area is 130 Å². The summed E-state index contributed by atoms with van der Waals surface area (Å²) in [6.07, 6.45) is 1.66. The quantitative estimate of drug-likeness (QED) is 0.799. The highest BCUT2D eigenvalue weighted by molar-refractivity contribution is 7.15. The monoisotopic (exact) mass is 315 g/mol. The van der Waals surface area contributed by atoms with Gasteiger partial charge in [-0.05, 0) is 19.1 Å². The van der Waals surface area contributed by atoms with Crippen LogP contribution in [-0.2, 0) is 0 Å². The van der Waals surface area contributed by atoms with Gasteiger partial charge in [0.25, 0.3) is 5.91 Å². The van der Waals surface area contributed by atoms with Crippen molar-refractivity contribution >= 4 is 22.4 Å². The number of hydrogen-bond acceptors (Lipinski definition) is 6. The minimum Gasteiger partial charge on any atom is -0.493 e. The van der Waals surface area contributed by atoms with Gasteiger partial charge in [-0.3, -0.25) is 10.1 Å². The number of benzene rings is 1. The fraction of sp³-hybridized carbons (Fsp3) is 0.143. The lowest BCUT2D eigenvalue weighted by atomic mass is 10.3. The van der Waals surface area contributed by atoms with Gasteiger partial charge in [0.2, 0.25) is 5.13 Å². The molecule has 0 aliphatic heterocycles. The Balaban J connectivity index is 1.89. The topological polar surface area (TPSA) is 81.9 Å². The van der Waals surface area contributed by atoms with Gasteiger partial charge in [-0.2, -0.15) is 5.10 Å². The number of para-hydroxylation sites is 1. The molecule has 0 radical (unpaired) electrons. The van der Waals surface area contributed by atoms with Gasteiger partial charge in [-0.1, -0.05) is 29.5 Å². The molecule has 2 aromatic heterocycles. The fourth-order valence-electron chi connectivity index (χ4n) is 1.88. The highest BCUT2D eigenvalue weighted by atomic mass is 32.1. The molecule has 0 bridgehead atoms. The summed E-state index contributed by atoms with van der Waals surface area (Å²) in [5, 5.41) is 15.9. The average Bonchev–Trinajstić information content (AvgIpc) is 3.14. The van der Waals surface area contributed by atoms with Crippen molar-refractivity contribution in [2.45, 2.75) is 6.92 Å². The van der Waals surface area contributed by atoms with Gasteiger partial charge in [-0.25, -0.2) is 4.68 Å². The molecule has 1 aromatic carbocycles. The Morgan fingerprint density at radius 2 is 2.05 bits per heavy atom. The van der Waals surface area contributed by atoms with E-state index in [-0.39, 0.29) is 11.6 Å². The van der Waals surface area contributed by atoms with E-state index >= 15 is 0 Å². The third-order valence-electron chi connectivity index (χ3n) is 2.88. The maximum Gasteiger partial charge on any atom is 0.281 e. The van der Waals surface area contributed by atoms with E-state index in [9.17, 15) is 4.79 Å². The molecule has 2 heterocycles. The van der Waals surface area contributed by atoms with Crippen molar-refractivity contribution < 1.29 is 9.53 Å². The number of nitrogens with zero attached hydrogens (tertiary/aromatic N) is 4. The summed E-state index contributed by atoms with van der Waals surface area (Å²) in [4.78, 5) is 12.3. The normalized spacial score (nSPS) is 10.5. The third kappa shape index (κ3) is 2.82. The first-order valence-electron chi connectivity index (χ1n) is 6.48. The molecule has 1 N–H and O–H groups in total. The maximum absolute atomic E-state index is 12.3. The van der Waals surface area contributed by atoms with Crippen LogP contribution in [0.25, 0.3) is 5.69 Å². The van der Waals surface area contributed by atoms with Crippen molar-refractivity contribution in [3.05, 3.63) is 47.2 Å². The van der Waals surface area contributed by atoms with Crippen LogP contribution in [0, 0.1) is 6.92 Å². The second-order valence-electron chi connectivity index (χ2n) is 4.41. The van der Waals surface area contributed by atoms with Gasteiger partial charge in [0.1, 0.15) is 5.01 Å². The second-order valence-corrected chi connectivity index (χ2v) is 5.59. The first-order chi connectivity index (χ1) is 10.7. The van der Waals surface area contributed by atoms with Crippen molar-refractivity contribution in [2.24, 2.45) is 0 Å². The highest BCUT2D eigenvalue weighted by Crippen LogP contribution is 2.21. The van der Waals surface area contributed by atoms with E-state index in [0.29, 0.717) is 10.9 Å². The van der Waals surface area contributed by atoms with E-state index in [4.69, 9.17) is 4.74 Å². The summed E-state index contributed by atoms with van der Waals surface area (Å²) in [6, 6.07) is 9.49. The molecule has 0 spiro atoms. The number of methoxy groups -OCH3 is 1. The zero-order valence-electron chi connectivity index (χ0n) is 12.0. The molecule has 0 aliphatic carbocycles.